The van der Waals surface area contributed by atoms with Gasteiger partial charge in [0.15, 0.2) is 0 Å². The van der Waals surface area contributed by atoms with Gasteiger partial charge in [0, 0.05) is 48.5 Å². The number of rotatable bonds is 4. The largest absolute Gasteiger partial charge is 0.457 e. The fourth-order valence-electron chi connectivity index (χ4n) is 3.49. The van der Waals surface area contributed by atoms with E-state index >= 15 is 0 Å². The van der Waals surface area contributed by atoms with Gasteiger partial charge in [0.2, 0.25) is 0 Å². The van der Waals surface area contributed by atoms with Gasteiger partial charge >= 0.3 is 0 Å². The molecule has 150 valence electrons. The third-order valence-corrected chi connectivity index (χ3v) is 5.30. The van der Waals surface area contributed by atoms with E-state index in [1.54, 1.807) is 29.2 Å². The third kappa shape index (κ3) is 4.40. The lowest BCUT2D eigenvalue weighted by molar-refractivity contribution is -0.126. The van der Waals surface area contributed by atoms with Crippen molar-refractivity contribution in [3.05, 3.63) is 83.1 Å². The van der Waals surface area contributed by atoms with Crippen LogP contribution in [0.4, 0.5) is 5.69 Å². The van der Waals surface area contributed by atoms with Crippen molar-refractivity contribution in [2.24, 2.45) is 0 Å². The predicted octanol–water partition coefficient (Wildman–Crippen LogP) is 4.86. The average molecular weight is 418 g/mol. The molecular weight excluding hydrogens is 398 g/mol. The molecule has 30 heavy (non-hydrogen) atoms. The summed E-state index contributed by atoms with van der Waals surface area (Å²) < 4.78 is 5.80. The van der Waals surface area contributed by atoms with Crippen molar-refractivity contribution in [2.75, 3.05) is 31.1 Å². The number of benzene rings is 2. The second kappa shape index (κ2) is 8.89. The quantitative estimate of drug-likeness (QED) is 0.449. The highest BCUT2D eigenvalue weighted by atomic mass is 35.5. The molecule has 3 aromatic rings. The van der Waals surface area contributed by atoms with E-state index in [1.807, 2.05) is 36.4 Å². The van der Waals surface area contributed by atoms with E-state index in [0.29, 0.717) is 29.6 Å². The second-order valence-corrected chi connectivity index (χ2v) is 7.43. The van der Waals surface area contributed by atoms with Crippen LogP contribution in [0.1, 0.15) is 5.76 Å². The van der Waals surface area contributed by atoms with Crippen LogP contribution < -0.4 is 4.90 Å². The molecule has 0 atom stereocenters. The molecule has 0 unspecified atom stereocenters. The number of nitrogens with zero attached hydrogens (tertiary/aromatic N) is 3. The first-order valence-corrected chi connectivity index (χ1v) is 10.1. The Balaban J connectivity index is 1.45. The molecule has 0 spiro atoms. The van der Waals surface area contributed by atoms with Crippen LogP contribution in [-0.4, -0.2) is 37.0 Å². The van der Waals surface area contributed by atoms with E-state index in [-0.39, 0.29) is 11.5 Å². The first-order chi connectivity index (χ1) is 14.6. The van der Waals surface area contributed by atoms with E-state index in [9.17, 15) is 10.1 Å². The zero-order valence-electron chi connectivity index (χ0n) is 16.3. The summed E-state index contributed by atoms with van der Waals surface area (Å²) in [4.78, 5) is 16.8. The highest BCUT2D eigenvalue weighted by molar-refractivity contribution is 6.30. The fourth-order valence-corrected chi connectivity index (χ4v) is 3.68. The Morgan fingerprint density at radius 1 is 1.00 bits per heavy atom. The molecule has 0 aliphatic carbocycles. The van der Waals surface area contributed by atoms with E-state index in [1.165, 1.54) is 6.08 Å². The van der Waals surface area contributed by atoms with Crippen LogP contribution >= 0.6 is 11.6 Å². The van der Waals surface area contributed by atoms with E-state index < -0.39 is 0 Å². The summed E-state index contributed by atoms with van der Waals surface area (Å²) in [6.45, 7) is 2.60. The van der Waals surface area contributed by atoms with Crippen molar-refractivity contribution >= 4 is 29.3 Å². The lowest BCUT2D eigenvalue weighted by Crippen LogP contribution is -2.49. The Morgan fingerprint density at radius 2 is 1.77 bits per heavy atom. The van der Waals surface area contributed by atoms with Crippen molar-refractivity contribution in [1.82, 2.24) is 4.90 Å². The number of piperazine rings is 1. The minimum absolute atomic E-state index is 0.0650. The van der Waals surface area contributed by atoms with Crippen LogP contribution in [0.5, 0.6) is 0 Å². The molecule has 0 bridgehead atoms. The molecule has 6 heteroatoms. The molecule has 1 aliphatic rings. The normalized spacial score (nSPS) is 14.5. The molecule has 0 N–H and O–H groups in total. The van der Waals surface area contributed by atoms with E-state index in [0.717, 1.165) is 24.3 Å². The van der Waals surface area contributed by atoms with Crippen LogP contribution in [0.3, 0.4) is 0 Å². The Bertz CT molecular complexity index is 1110. The number of anilines is 1. The topological polar surface area (TPSA) is 60.5 Å². The molecule has 1 saturated heterocycles. The Labute approximate surface area is 180 Å². The van der Waals surface area contributed by atoms with Gasteiger partial charge in [-0.15, -0.1) is 0 Å². The smallest absolute Gasteiger partial charge is 0.264 e. The second-order valence-electron chi connectivity index (χ2n) is 7.00. The van der Waals surface area contributed by atoms with Gasteiger partial charge in [-0.1, -0.05) is 41.9 Å². The van der Waals surface area contributed by atoms with Crippen molar-refractivity contribution in [3.63, 3.8) is 0 Å². The Hall–Kier alpha value is -3.49. The third-order valence-electron chi connectivity index (χ3n) is 5.06. The van der Waals surface area contributed by atoms with Crippen LogP contribution in [0.15, 0.2) is 76.7 Å². The van der Waals surface area contributed by atoms with Crippen LogP contribution in [0, 0.1) is 11.3 Å². The van der Waals surface area contributed by atoms with Gasteiger partial charge in [-0.2, -0.15) is 5.26 Å². The molecule has 4 rings (SSSR count). The maximum absolute atomic E-state index is 12.9. The summed E-state index contributed by atoms with van der Waals surface area (Å²) in [6, 6.07) is 23.0. The number of halogens is 1. The summed E-state index contributed by atoms with van der Waals surface area (Å²) in [5, 5.41) is 10.2. The SMILES string of the molecule is N#C/C(=C/c1ccc(-c2cccc(Cl)c2)o1)C(=O)N1CCN(c2ccccc2)CC1. The first-order valence-electron chi connectivity index (χ1n) is 9.71. The number of amides is 1. The lowest BCUT2D eigenvalue weighted by atomic mass is 10.1. The minimum Gasteiger partial charge on any atom is -0.457 e. The zero-order chi connectivity index (χ0) is 20.9. The maximum atomic E-state index is 12.9. The monoisotopic (exact) mass is 417 g/mol. The highest BCUT2D eigenvalue weighted by Gasteiger charge is 2.24. The van der Waals surface area contributed by atoms with E-state index in [2.05, 4.69) is 17.0 Å². The predicted molar refractivity (Wildman–Crippen MR) is 118 cm³/mol. The van der Waals surface area contributed by atoms with Gasteiger partial charge in [0.1, 0.15) is 23.2 Å². The lowest BCUT2D eigenvalue weighted by Gasteiger charge is -2.36. The van der Waals surface area contributed by atoms with Gasteiger partial charge in [-0.3, -0.25) is 4.79 Å². The average Bonchev–Trinajstić information content (AvgIpc) is 3.26. The number of para-hydroxylation sites is 1. The van der Waals surface area contributed by atoms with E-state index in [4.69, 9.17) is 16.0 Å². The molecule has 1 fully saturated rings. The van der Waals surface area contributed by atoms with Gasteiger partial charge in [-0.05, 0) is 36.4 Å². The molecule has 5 nitrogen and oxygen atoms in total. The minimum atomic E-state index is -0.272. The number of hydrogen-bond donors (Lipinski definition) is 0. The van der Waals surface area contributed by atoms with Crippen molar-refractivity contribution < 1.29 is 9.21 Å². The van der Waals surface area contributed by atoms with Gasteiger partial charge in [0.25, 0.3) is 5.91 Å². The highest BCUT2D eigenvalue weighted by Crippen LogP contribution is 2.26. The molecular formula is C24H20ClN3O2. The van der Waals surface area contributed by atoms with Gasteiger partial charge in [-0.25, -0.2) is 0 Å². The molecule has 0 radical (unpaired) electrons. The molecule has 1 amide bonds. The number of nitriles is 1. The summed E-state index contributed by atoms with van der Waals surface area (Å²) in [5.41, 5.74) is 2.05. The first kappa shape index (κ1) is 19.8. The number of carbonyl (C=O) groups excluding carboxylic acids is 1. The molecule has 1 aromatic heterocycles. The molecule has 0 saturated carbocycles. The summed E-state index contributed by atoms with van der Waals surface area (Å²) >= 11 is 6.03. The van der Waals surface area contributed by atoms with Gasteiger partial charge < -0.3 is 14.2 Å². The van der Waals surface area contributed by atoms with Crippen molar-refractivity contribution in [3.8, 4) is 17.4 Å². The van der Waals surface area contributed by atoms with Crippen molar-refractivity contribution in [1.29, 1.82) is 5.26 Å². The molecule has 1 aliphatic heterocycles. The fraction of sp³-hybridized carbons (Fsp3) is 0.167. The summed E-state index contributed by atoms with van der Waals surface area (Å²) in [7, 11) is 0. The number of hydrogen-bond acceptors (Lipinski definition) is 4. The van der Waals surface area contributed by atoms with Crippen molar-refractivity contribution in [2.45, 2.75) is 0 Å². The Kier molecular flexibility index (Phi) is 5.87. The Morgan fingerprint density at radius 3 is 2.47 bits per heavy atom. The van der Waals surface area contributed by atoms with Gasteiger partial charge in [0.05, 0.1) is 0 Å². The van der Waals surface area contributed by atoms with Crippen LogP contribution in [0.2, 0.25) is 5.02 Å². The number of carbonyl (C=O) groups is 1. The molecule has 2 heterocycles. The molecule has 2 aromatic carbocycles. The summed E-state index contributed by atoms with van der Waals surface area (Å²) in [6.07, 6.45) is 1.50. The zero-order valence-corrected chi connectivity index (χ0v) is 17.0. The van der Waals surface area contributed by atoms with Crippen LogP contribution in [0.25, 0.3) is 17.4 Å². The number of furan rings is 1. The maximum Gasteiger partial charge on any atom is 0.264 e. The summed E-state index contributed by atoms with van der Waals surface area (Å²) in [5.74, 6) is 0.814. The van der Waals surface area contributed by atoms with Crippen LogP contribution in [-0.2, 0) is 4.79 Å². The standard InChI is InChI=1S/C24H20ClN3O2/c25-20-6-4-5-18(15-20)23-10-9-22(30-23)16-19(17-26)24(29)28-13-11-27(12-14-28)21-7-2-1-3-8-21/h1-10,15-16H,11-14H2/b19-16-.